The highest BCUT2D eigenvalue weighted by atomic mass is 16.4. The lowest BCUT2D eigenvalue weighted by molar-refractivity contribution is 0.0688. The average Bonchev–Trinajstić information content (AvgIpc) is 2.94. The fourth-order valence-electron chi connectivity index (χ4n) is 1.55. The SMILES string of the molecule is CC(=O)c1cc(C(=O)O)n(-c2[nH]ncc2C#N)c1. The molecule has 0 amide bonds. The van der Waals surface area contributed by atoms with Gasteiger partial charge in [-0.3, -0.25) is 14.5 Å². The molecular weight excluding hydrogens is 236 g/mol. The van der Waals surface area contributed by atoms with Crippen molar-refractivity contribution in [3.8, 4) is 11.9 Å². The summed E-state index contributed by atoms with van der Waals surface area (Å²) in [6, 6.07) is 3.14. The molecule has 0 saturated heterocycles. The zero-order valence-corrected chi connectivity index (χ0v) is 9.34. The largest absolute Gasteiger partial charge is 0.477 e. The Hall–Kier alpha value is -2.88. The van der Waals surface area contributed by atoms with Gasteiger partial charge in [-0.25, -0.2) is 4.79 Å². The molecule has 2 aromatic heterocycles. The molecule has 0 aromatic carbocycles. The number of nitrogens with one attached hydrogen (secondary N) is 1. The highest BCUT2D eigenvalue weighted by Crippen LogP contribution is 2.17. The summed E-state index contributed by atoms with van der Waals surface area (Å²) < 4.78 is 1.23. The zero-order valence-electron chi connectivity index (χ0n) is 9.34. The number of aromatic carboxylic acids is 1. The Morgan fingerprint density at radius 3 is 2.83 bits per heavy atom. The van der Waals surface area contributed by atoms with E-state index >= 15 is 0 Å². The van der Waals surface area contributed by atoms with Crippen molar-refractivity contribution in [2.75, 3.05) is 0 Å². The van der Waals surface area contributed by atoms with Crippen molar-refractivity contribution in [2.45, 2.75) is 6.92 Å². The van der Waals surface area contributed by atoms with Crippen LogP contribution in [0.15, 0.2) is 18.5 Å². The van der Waals surface area contributed by atoms with Crippen LogP contribution in [0.5, 0.6) is 0 Å². The van der Waals surface area contributed by atoms with Gasteiger partial charge >= 0.3 is 5.97 Å². The minimum atomic E-state index is -1.19. The first-order valence-electron chi connectivity index (χ1n) is 4.95. The summed E-state index contributed by atoms with van der Waals surface area (Å²) in [5.74, 6) is -1.22. The Morgan fingerprint density at radius 1 is 1.56 bits per heavy atom. The Morgan fingerprint density at radius 2 is 2.28 bits per heavy atom. The molecule has 0 unspecified atom stereocenters. The van der Waals surface area contributed by atoms with Crippen LogP contribution in [-0.4, -0.2) is 31.6 Å². The van der Waals surface area contributed by atoms with Gasteiger partial charge in [-0.05, 0) is 13.0 Å². The monoisotopic (exact) mass is 244 g/mol. The minimum absolute atomic E-state index is 0.110. The maximum atomic E-state index is 11.3. The number of aromatic amines is 1. The fraction of sp³-hybridized carbons (Fsp3) is 0.0909. The van der Waals surface area contributed by atoms with Crippen LogP contribution in [0.1, 0.15) is 33.3 Å². The topological polar surface area (TPSA) is 112 Å². The second-order valence-corrected chi connectivity index (χ2v) is 3.59. The van der Waals surface area contributed by atoms with Crippen molar-refractivity contribution >= 4 is 11.8 Å². The molecule has 2 aromatic rings. The van der Waals surface area contributed by atoms with Crippen LogP contribution < -0.4 is 0 Å². The van der Waals surface area contributed by atoms with Gasteiger partial charge in [0.1, 0.15) is 17.3 Å². The third-order valence-corrected chi connectivity index (χ3v) is 2.43. The van der Waals surface area contributed by atoms with Crippen molar-refractivity contribution in [2.24, 2.45) is 0 Å². The molecule has 2 rings (SSSR count). The van der Waals surface area contributed by atoms with Crippen LogP contribution in [0.2, 0.25) is 0 Å². The smallest absolute Gasteiger partial charge is 0.352 e. The fourth-order valence-corrected chi connectivity index (χ4v) is 1.55. The number of aromatic nitrogens is 3. The maximum Gasteiger partial charge on any atom is 0.352 e. The highest BCUT2D eigenvalue weighted by Gasteiger charge is 2.18. The molecule has 0 saturated carbocycles. The molecule has 0 fully saturated rings. The molecule has 0 aliphatic rings. The molecule has 2 N–H and O–H groups in total. The molecule has 18 heavy (non-hydrogen) atoms. The summed E-state index contributed by atoms with van der Waals surface area (Å²) in [6.45, 7) is 1.34. The number of carboxylic acids is 1. The van der Waals surface area contributed by atoms with Gasteiger partial charge in [0, 0.05) is 11.8 Å². The van der Waals surface area contributed by atoms with Crippen molar-refractivity contribution in [1.29, 1.82) is 5.26 Å². The van der Waals surface area contributed by atoms with Crippen LogP contribution >= 0.6 is 0 Å². The van der Waals surface area contributed by atoms with Crippen LogP contribution in [0, 0.1) is 11.3 Å². The van der Waals surface area contributed by atoms with E-state index < -0.39 is 5.97 Å². The van der Waals surface area contributed by atoms with E-state index in [2.05, 4.69) is 10.2 Å². The number of carbonyl (C=O) groups is 2. The number of nitrogens with zero attached hydrogens (tertiary/aromatic N) is 3. The van der Waals surface area contributed by atoms with Crippen LogP contribution in [0.25, 0.3) is 5.82 Å². The number of ketones is 1. The second kappa shape index (κ2) is 4.18. The third kappa shape index (κ3) is 1.76. The minimum Gasteiger partial charge on any atom is -0.477 e. The van der Waals surface area contributed by atoms with E-state index in [9.17, 15) is 9.59 Å². The molecule has 0 bridgehead atoms. The first kappa shape index (κ1) is 11.6. The van der Waals surface area contributed by atoms with E-state index in [0.717, 1.165) is 0 Å². The van der Waals surface area contributed by atoms with Gasteiger partial charge in [0.05, 0.1) is 6.20 Å². The summed E-state index contributed by atoms with van der Waals surface area (Å²) in [7, 11) is 0. The molecule has 0 aliphatic carbocycles. The van der Waals surface area contributed by atoms with Gasteiger partial charge in [0.25, 0.3) is 0 Å². The van der Waals surface area contributed by atoms with Gasteiger partial charge in [0.2, 0.25) is 0 Å². The number of hydrogen-bond donors (Lipinski definition) is 2. The first-order valence-corrected chi connectivity index (χ1v) is 4.95. The first-order chi connectivity index (χ1) is 8.54. The predicted molar refractivity (Wildman–Crippen MR) is 59.6 cm³/mol. The van der Waals surface area contributed by atoms with E-state index in [1.165, 1.54) is 30.0 Å². The number of hydrogen-bond acceptors (Lipinski definition) is 4. The number of carboxylic acid groups (broad SMARTS) is 1. The van der Waals surface area contributed by atoms with E-state index in [0.29, 0.717) is 0 Å². The van der Waals surface area contributed by atoms with Gasteiger partial charge in [-0.2, -0.15) is 10.4 Å². The number of Topliss-reactive ketones (excluding diaryl/α,β-unsaturated/α-hetero) is 1. The lowest BCUT2D eigenvalue weighted by atomic mass is 10.2. The second-order valence-electron chi connectivity index (χ2n) is 3.59. The van der Waals surface area contributed by atoms with Crippen molar-refractivity contribution in [1.82, 2.24) is 14.8 Å². The van der Waals surface area contributed by atoms with Crippen LogP contribution in [0.3, 0.4) is 0 Å². The Bertz CT molecular complexity index is 675. The summed E-state index contributed by atoms with van der Waals surface area (Å²) in [6.07, 6.45) is 2.65. The van der Waals surface area contributed by atoms with Crippen LogP contribution in [0.4, 0.5) is 0 Å². The lowest BCUT2D eigenvalue weighted by Crippen LogP contribution is -2.07. The number of nitriles is 1. The summed E-state index contributed by atoms with van der Waals surface area (Å²) in [4.78, 5) is 22.4. The molecule has 0 aliphatic heterocycles. The third-order valence-electron chi connectivity index (χ3n) is 2.43. The van der Waals surface area contributed by atoms with E-state index in [-0.39, 0.29) is 28.4 Å². The van der Waals surface area contributed by atoms with Gasteiger partial charge in [0.15, 0.2) is 11.6 Å². The molecule has 7 heteroatoms. The standard InChI is InChI=1S/C11H8N4O3/c1-6(16)7-2-9(11(17)18)15(5-7)10-8(3-12)4-13-14-10/h2,4-5H,1H3,(H,13,14)(H,17,18). The summed E-state index contributed by atoms with van der Waals surface area (Å²) >= 11 is 0. The quantitative estimate of drug-likeness (QED) is 0.781. The summed E-state index contributed by atoms with van der Waals surface area (Å²) in [5.41, 5.74) is 0.343. The number of rotatable bonds is 3. The average molecular weight is 244 g/mol. The number of H-pyrrole nitrogens is 1. The van der Waals surface area contributed by atoms with Crippen molar-refractivity contribution in [3.05, 3.63) is 35.3 Å². The zero-order chi connectivity index (χ0) is 13.3. The predicted octanol–water partition coefficient (Wildman–Crippen LogP) is 0.973. The lowest BCUT2D eigenvalue weighted by Gasteiger charge is -2.02. The molecule has 90 valence electrons. The Kier molecular flexibility index (Phi) is 2.69. The Balaban J connectivity index is 2.67. The maximum absolute atomic E-state index is 11.3. The van der Waals surface area contributed by atoms with Gasteiger partial charge < -0.3 is 5.11 Å². The van der Waals surface area contributed by atoms with E-state index in [1.54, 1.807) is 0 Å². The molecular formula is C11H8N4O3. The molecule has 7 nitrogen and oxygen atoms in total. The van der Waals surface area contributed by atoms with Crippen molar-refractivity contribution < 1.29 is 14.7 Å². The molecule has 0 spiro atoms. The molecule has 0 radical (unpaired) electrons. The summed E-state index contributed by atoms with van der Waals surface area (Å²) in [5, 5.41) is 24.2. The molecule has 0 atom stereocenters. The Labute approximate surface area is 101 Å². The van der Waals surface area contributed by atoms with Crippen molar-refractivity contribution in [3.63, 3.8) is 0 Å². The number of carbonyl (C=O) groups excluding carboxylic acids is 1. The van der Waals surface area contributed by atoms with Crippen LogP contribution in [-0.2, 0) is 0 Å². The van der Waals surface area contributed by atoms with E-state index in [1.807, 2.05) is 6.07 Å². The molecule has 2 heterocycles. The normalized spacial score (nSPS) is 10.0. The van der Waals surface area contributed by atoms with E-state index in [4.69, 9.17) is 10.4 Å². The highest BCUT2D eigenvalue weighted by molar-refractivity contribution is 5.97. The van der Waals surface area contributed by atoms with Gasteiger partial charge in [-0.15, -0.1) is 0 Å². The van der Waals surface area contributed by atoms with Gasteiger partial charge in [-0.1, -0.05) is 0 Å².